The topological polar surface area (TPSA) is 86.9 Å². The molecule has 0 spiro atoms. The second kappa shape index (κ2) is 7.33. The summed E-state index contributed by atoms with van der Waals surface area (Å²) in [7, 11) is 0. The molecule has 0 aliphatic heterocycles. The van der Waals surface area contributed by atoms with Crippen LogP contribution in [0.4, 0.5) is 0 Å². The molecule has 2 heterocycles. The SMILES string of the molecule is Cc1cc2oc(=O)cc(CSc3nnc(-c4ccc(Cl)cc4)n3N)c2cc1C. The van der Waals surface area contributed by atoms with Crippen molar-refractivity contribution in [3.63, 3.8) is 0 Å². The summed E-state index contributed by atoms with van der Waals surface area (Å²) >= 11 is 7.34. The van der Waals surface area contributed by atoms with E-state index in [1.165, 1.54) is 22.5 Å². The lowest BCUT2D eigenvalue weighted by atomic mass is 10.0. The van der Waals surface area contributed by atoms with E-state index in [0.29, 0.717) is 27.3 Å². The summed E-state index contributed by atoms with van der Waals surface area (Å²) in [5.41, 5.74) is 4.12. The van der Waals surface area contributed by atoms with E-state index in [1.54, 1.807) is 12.1 Å². The lowest BCUT2D eigenvalue weighted by Gasteiger charge is -2.08. The minimum atomic E-state index is -0.373. The molecule has 4 aromatic rings. The molecule has 142 valence electrons. The van der Waals surface area contributed by atoms with Gasteiger partial charge in [-0.2, -0.15) is 0 Å². The minimum absolute atomic E-state index is 0.373. The molecule has 8 heteroatoms. The number of nitrogens with zero attached hydrogens (tertiary/aromatic N) is 3. The Morgan fingerprint density at radius 2 is 1.82 bits per heavy atom. The van der Waals surface area contributed by atoms with E-state index in [-0.39, 0.29) is 5.63 Å². The van der Waals surface area contributed by atoms with E-state index in [4.69, 9.17) is 21.9 Å². The van der Waals surface area contributed by atoms with E-state index in [9.17, 15) is 4.79 Å². The number of thioether (sulfide) groups is 1. The Labute approximate surface area is 170 Å². The summed E-state index contributed by atoms with van der Waals surface area (Å²) < 4.78 is 6.79. The van der Waals surface area contributed by atoms with Crippen molar-refractivity contribution < 1.29 is 4.42 Å². The molecule has 2 aromatic heterocycles. The maximum absolute atomic E-state index is 12.0. The third kappa shape index (κ3) is 3.50. The van der Waals surface area contributed by atoms with Gasteiger partial charge in [-0.1, -0.05) is 23.4 Å². The van der Waals surface area contributed by atoms with Gasteiger partial charge in [-0.05, 0) is 66.9 Å². The largest absolute Gasteiger partial charge is 0.423 e. The summed E-state index contributed by atoms with van der Waals surface area (Å²) in [5.74, 6) is 7.24. The van der Waals surface area contributed by atoms with Gasteiger partial charge in [0.15, 0.2) is 5.82 Å². The predicted octanol–water partition coefficient (Wildman–Crippen LogP) is 4.33. The molecule has 0 aliphatic rings. The summed E-state index contributed by atoms with van der Waals surface area (Å²) in [6.45, 7) is 4.02. The van der Waals surface area contributed by atoms with Crippen LogP contribution < -0.4 is 11.5 Å². The fraction of sp³-hybridized carbons (Fsp3) is 0.150. The van der Waals surface area contributed by atoms with E-state index >= 15 is 0 Å². The Balaban J connectivity index is 1.64. The summed E-state index contributed by atoms with van der Waals surface area (Å²) in [5, 5.41) is 10.5. The van der Waals surface area contributed by atoms with Crippen molar-refractivity contribution in [3.8, 4) is 11.4 Å². The zero-order chi connectivity index (χ0) is 19.8. The fourth-order valence-electron chi connectivity index (χ4n) is 2.92. The van der Waals surface area contributed by atoms with Crippen LogP contribution in [0.25, 0.3) is 22.4 Å². The smallest absolute Gasteiger partial charge is 0.336 e. The molecule has 0 atom stereocenters. The van der Waals surface area contributed by atoms with Crippen molar-refractivity contribution in [2.24, 2.45) is 0 Å². The predicted molar refractivity (Wildman–Crippen MR) is 112 cm³/mol. The lowest BCUT2D eigenvalue weighted by molar-refractivity contribution is 0.559. The van der Waals surface area contributed by atoms with Gasteiger partial charge in [0.05, 0.1) is 0 Å². The highest BCUT2D eigenvalue weighted by atomic mass is 35.5. The molecule has 0 unspecified atom stereocenters. The van der Waals surface area contributed by atoms with Gasteiger partial charge in [0.2, 0.25) is 5.16 Å². The number of rotatable bonds is 4. The first-order chi connectivity index (χ1) is 13.4. The van der Waals surface area contributed by atoms with Crippen LogP contribution in [-0.2, 0) is 5.75 Å². The van der Waals surface area contributed by atoms with E-state index in [0.717, 1.165) is 27.6 Å². The normalized spacial score (nSPS) is 11.2. The zero-order valence-electron chi connectivity index (χ0n) is 15.3. The van der Waals surface area contributed by atoms with E-state index in [2.05, 4.69) is 10.2 Å². The van der Waals surface area contributed by atoms with Gasteiger partial charge in [-0.3, -0.25) is 0 Å². The Kier molecular flexibility index (Phi) is 4.87. The van der Waals surface area contributed by atoms with Crippen LogP contribution >= 0.6 is 23.4 Å². The van der Waals surface area contributed by atoms with Crippen LogP contribution in [0.1, 0.15) is 16.7 Å². The quantitative estimate of drug-likeness (QED) is 0.305. The maximum atomic E-state index is 12.0. The van der Waals surface area contributed by atoms with E-state index in [1.807, 2.05) is 38.1 Å². The molecule has 2 aromatic carbocycles. The Hall–Kier alpha value is -2.77. The summed E-state index contributed by atoms with van der Waals surface area (Å²) in [6.07, 6.45) is 0. The van der Waals surface area contributed by atoms with Crippen molar-refractivity contribution >= 4 is 34.3 Å². The van der Waals surface area contributed by atoms with Crippen LogP contribution in [0.2, 0.25) is 5.02 Å². The molecular weight excluding hydrogens is 396 g/mol. The number of fused-ring (bicyclic) bond motifs is 1. The van der Waals surface area contributed by atoms with Crippen LogP contribution in [0.5, 0.6) is 0 Å². The molecule has 28 heavy (non-hydrogen) atoms. The molecule has 0 saturated carbocycles. The number of hydrogen-bond donors (Lipinski definition) is 1. The van der Waals surface area contributed by atoms with Gasteiger partial charge in [0, 0.05) is 27.8 Å². The third-order valence-corrected chi connectivity index (χ3v) is 5.81. The Morgan fingerprint density at radius 3 is 2.57 bits per heavy atom. The van der Waals surface area contributed by atoms with Crippen LogP contribution in [0, 0.1) is 13.8 Å². The van der Waals surface area contributed by atoms with Gasteiger partial charge >= 0.3 is 5.63 Å². The standard InChI is InChI=1S/C20H17ClN4O2S/c1-11-7-16-14(9-18(26)27-17(16)8-12(11)2)10-28-20-24-23-19(25(20)22)13-3-5-15(21)6-4-13/h3-9H,10,22H2,1-2H3. The van der Waals surface area contributed by atoms with Crippen LogP contribution in [0.3, 0.4) is 0 Å². The number of benzene rings is 2. The third-order valence-electron chi connectivity index (χ3n) is 4.57. The molecule has 0 fully saturated rings. The van der Waals surface area contributed by atoms with Crippen molar-refractivity contribution in [2.75, 3.05) is 5.84 Å². The first kappa shape index (κ1) is 18.6. The van der Waals surface area contributed by atoms with Gasteiger partial charge < -0.3 is 10.3 Å². The van der Waals surface area contributed by atoms with Gasteiger partial charge in [0.1, 0.15) is 5.58 Å². The van der Waals surface area contributed by atoms with Crippen LogP contribution in [0.15, 0.2) is 56.8 Å². The molecule has 0 bridgehead atoms. The molecule has 0 aliphatic carbocycles. The highest BCUT2D eigenvalue weighted by molar-refractivity contribution is 7.98. The highest BCUT2D eigenvalue weighted by Crippen LogP contribution is 2.28. The summed E-state index contributed by atoms with van der Waals surface area (Å²) in [6, 6.07) is 12.7. The monoisotopic (exact) mass is 412 g/mol. The molecule has 4 rings (SSSR count). The van der Waals surface area contributed by atoms with Crippen molar-refractivity contribution in [1.82, 2.24) is 14.9 Å². The van der Waals surface area contributed by atoms with Crippen molar-refractivity contribution in [2.45, 2.75) is 24.8 Å². The average Bonchev–Trinajstić information content (AvgIpc) is 3.02. The van der Waals surface area contributed by atoms with Gasteiger partial charge in [0.25, 0.3) is 0 Å². The second-order valence-corrected chi connectivity index (χ2v) is 7.87. The first-order valence-electron chi connectivity index (χ1n) is 8.55. The number of aryl methyl sites for hydroxylation is 2. The summed E-state index contributed by atoms with van der Waals surface area (Å²) in [4.78, 5) is 12.0. The lowest BCUT2D eigenvalue weighted by Crippen LogP contribution is -2.11. The van der Waals surface area contributed by atoms with Crippen molar-refractivity contribution in [1.29, 1.82) is 0 Å². The maximum Gasteiger partial charge on any atom is 0.336 e. The first-order valence-corrected chi connectivity index (χ1v) is 9.92. The second-order valence-electron chi connectivity index (χ2n) is 6.50. The molecule has 6 nitrogen and oxygen atoms in total. The number of hydrogen-bond acceptors (Lipinski definition) is 6. The Bertz CT molecular complexity index is 1230. The highest BCUT2D eigenvalue weighted by Gasteiger charge is 2.14. The van der Waals surface area contributed by atoms with E-state index < -0.39 is 0 Å². The molecular formula is C20H17ClN4O2S. The number of aromatic nitrogens is 3. The molecule has 0 amide bonds. The zero-order valence-corrected chi connectivity index (χ0v) is 16.8. The van der Waals surface area contributed by atoms with Gasteiger partial charge in [-0.25, -0.2) is 9.47 Å². The van der Waals surface area contributed by atoms with Gasteiger partial charge in [-0.15, -0.1) is 10.2 Å². The fourth-order valence-corrected chi connectivity index (χ4v) is 3.89. The number of nitrogens with two attached hydrogens (primary N) is 1. The minimum Gasteiger partial charge on any atom is -0.423 e. The van der Waals surface area contributed by atoms with Crippen LogP contribution in [-0.4, -0.2) is 14.9 Å². The average molecular weight is 413 g/mol. The van der Waals surface area contributed by atoms with Crippen molar-refractivity contribution in [3.05, 3.63) is 74.6 Å². The molecule has 2 N–H and O–H groups in total. The molecule has 0 radical (unpaired) electrons. The number of nitrogen functional groups attached to an aromatic ring is 1. The number of halogens is 1. The Morgan fingerprint density at radius 1 is 1.11 bits per heavy atom. The molecule has 0 saturated heterocycles.